The van der Waals surface area contributed by atoms with Crippen molar-refractivity contribution < 1.29 is 22.7 Å². The minimum Gasteiger partial charge on any atom is -0.463 e. The first kappa shape index (κ1) is 26.1. The first-order chi connectivity index (χ1) is 16.0. The summed E-state index contributed by atoms with van der Waals surface area (Å²) in [5.41, 5.74) is 1.73. The molecule has 0 radical (unpaired) electrons. The summed E-state index contributed by atoms with van der Waals surface area (Å²) in [5, 5.41) is 2.88. The van der Waals surface area contributed by atoms with Crippen LogP contribution in [0, 0.1) is 0 Å². The number of hydrogen-bond donors (Lipinski definition) is 1. The number of benzene rings is 2. The van der Waals surface area contributed by atoms with Gasteiger partial charge in [-0.25, -0.2) is 13.2 Å². The van der Waals surface area contributed by atoms with Crippen LogP contribution in [0.25, 0.3) is 0 Å². The highest BCUT2D eigenvalue weighted by atomic mass is 35.5. The van der Waals surface area contributed by atoms with Gasteiger partial charge in [-0.15, -0.1) is 0 Å². The number of halogens is 2. The van der Waals surface area contributed by atoms with Crippen LogP contribution in [0.15, 0.2) is 41.3 Å². The Morgan fingerprint density at radius 2 is 1.79 bits per heavy atom. The summed E-state index contributed by atoms with van der Waals surface area (Å²) >= 11 is 12.1. The Balaban J connectivity index is 1.99. The summed E-state index contributed by atoms with van der Waals surface area (Å²) in [7, 11) is 0.982. The molecule has 2 aromatic carbocycles. The van der Waals surface area contributed by atoms with Crippen molar-refractivity contribution in [2.24, 2.45) is 0 Å². The van der Waals surface area contributed by atoms with E-state index in [-0.39, 0.29) is 33.3 Å². The fourth-order valence-electron chi connectivity index (χ4n) is 3.51. The van der Waals surface area contributed by atoms with Gasteiger partial charge in [0.25, 0.3) is 10.0 Å². The number of anilines is 2. The Bertz CT molecular complexity index is 1170. The van der Waals surface area contributed by atoms with Gasteiger partial charge in [0.15, 0.2) is 0 Å². The highest BCUT2D eigenvalue weighted by Gasteiger charge is 2.31. The SMILES string of the molecule is CNC(=O)N1CCc2cc(N(CC(=O)OCCN(C)C)S(=O)(=O)c3cc(Cl)cc(Cl)c3)ccc21. The number of carbonyl (C=O) groups is 2. The maximum absolute atomic E-state index is 13.6. The van der Waals surface area contributed by atoms with Crippen molar-refractivity contribution in [3.05, 3.63) is 52.0 Å². The lowest BCUT2D eigenvalue weighted by atomic mass is 10.1. The fraction of sp³-hybridized carbons (Fsp3) is 0.364. The molecule has 1 heterocycles. The maximum Gasteiger partial charge on any atom is 0.326 e. The zero-order valence-electron chi connectivity index (χ0n) is 19.0. The van der Waals surface area contributed by atoms with Crippen molar-refractivity contribution in [3.8, 4) is 0 Å². The molecule has 184 valence electrons. The molecule has 2 aromatic rings. The van der Waals surface area contributed by atoms with Gasteiger partial charge in [-0.05, 0) is 62.5 Å². The first-order valence-corrected chi connectivity index (χ1v) is 12.6. The molecule has 0 atom stereocenters. The highest BCUT2D eigenvalue weighted by molar-refractivity contribution is 7.92. The van der Waals surface area contributed by atoms with E-state index in [4.69, 9.17) is 27.9 Å². The number of carbonyl (C=O) groups excluding carboxylic acids is 2. The topological polar surface area (TPSA) is 99.3 Å². The molecule has 0 saturated heterocycles. The molecule has 0 fully saturated rings. The summed E-state index contributed by atoms with van der Waals surface area (Å²) in [6, 6.07) is 8.59. The second-order valence-electron chi connectivity index (χ2n) is 7.91. The van der Waals surface area contributed by atoms with Gasteiger partial charge in [-0.2, -0.15) is 0 Å². The summed E-state index contributed by atoms with van der Waals surface area (Å²) in [6.07, 6.45) is 0.542. The van der Waals surface area contributed by atoms with Gasteiger partial charge in [0.05, 0.1) is 10.6 Å². The number of likely N-dealkylation sites (N-methyl/N-ethyl adjacent to an activating group) is 1. The largest absolute Gasteiger partial charge is 0.463 e. The van der Waals surface area contributed by atoms with E-state index < -0.39 is 22.5 Å². The van der Waals surface area contributed by atoms with Crippen molar-refractivity contribution in [1.82, 2.24) is 10.2 Å². The normalized spacial score (nSPS) is 13.1. The number of fused-ring (bicyclic) bond motifs is 1. The molecule has 0 saturated carbocycles. The van der Waals surface area contributed by atoms with E-state index in [2.05, 4.69) is 5.32 Å². The molecular weight excluding hydrogens is 503 g/mol. The molecule has 1 aliphatic rings. The van der Waals surface area contributed by atoms with Crippen molar-refractivity contribution in [2.75, 3.05) is 56.6 Å². The lowest BCUT2D eigenvalue weighted by Gasteiger charge is -2.25. The molecule has 0 unspecified atom stereocenters. The van der Waals surface area contributed by atoms with E-state index in [0.717, 1.165) is 9.87 Å². The third-order valence-corrected chi connectivity index (χ3v) is 7.39. The minimum atomic E-state index is -4.23. The number of amides is 2. The number of hydrogen-bond acceptors (Lipinski definition) is 6. The lowest BCUT2D eigenvalue weighted by Crippen LogP contribution is -2.37. The van der Waals surface area contributed by atoms with E-state index in [1.165, 1.54) is 18.2 Å². The number of esters is 1. The number of ether oxygens (including phenoxy) is 1. The maximum atomic E-state index is 13.6. The Morgan fingerprint density at radius 1 is 1.12 bits per heavy atom. The second kappa shape index (κ2) is 10.8. The number of sulfonamides is 1. The molecule has 34 heavy (non-hydrogen) atoms. The van der Waals surface area contributed by atoms with Gasteiger partial charge >= 0.3 is 12.0 Å². The third-order valence-electron chi connectivity index (χ3n) is 5.20. The summed E-state index contributed by atoms with van der Waals surface area (Å²) in [4.78, 5) is 28.0. The van der Waals surface area contributed by atoms with E-state index >= 15 is 0 Å². The Kier molecular flexibility index (Phi) is 8.29. The van der Waals surface area contributed by atoms with Crippen LogP contribution in [0.3, 0.4) is 0 Å². The average molecular weight is 529 g/mol. The van der Waals surface area contributed by atoms with Crippen molar-refractivity contribution in [3.63, 3.8) is 0 Å². The van der Waals surface area contributed by atoms with E-state index in [1.807, 2.05) is 19.0 Å². The van der Waals surface area contributed by atoms with Crippen LogP contribution in [-0.2, 0) is 26.0 Å². The predicted octanol–water partition coefficient (Wildman–Crippen LogP) is 3.00. The van der Waals surface area contributed by atoms with E-state index in [9.17, 15) is 18.0 Å². The molecule has 3 rings (SSSR count). The van der Waals surface area contributed by atoms with Gasteiger partial charge in [-0.3, -0.25) is 14.0 Å². The number of rotatable bonds is 8. The van der Waals surface area contributed by atoms with Crippen LogP contribution in [0.1, 0.15) is 5.56 Å². The quantitative estimate of drug-likeness (QED) is 0.528. The van der Waals surface area contributed by atoms with Crippen LogP contribution >= 0.6 is 23.2 Å². The molecule has 0 spiro atoms. The van der Waals surface area contributed by atoms with Gasteiger partial charge in [0.1, 0.15) is 13.2 Å². The van der Waals surface area contributed by atoms with Crippen LogP contribution in [-0.4, -0.2) is 72.7 Å². The fourth-order valence-corrected chi connectivity index (χ4v) is 5.64. The Labute approximate surface area is 209 Å². The van der Waals surface area contributed by atoms with Gasteiger partial charge in [-0.1, -0.05) is 23.2 Å². The number of nitrogens with one attached hydrogen (secondary N) is 1. The summed E-state index contributed by atoms with van der Waals surface area (Å²) in [5.74, 6) is -0.703. The summed E-state index contributed by atoms with van der Waals surface area (Å²) in [6.45, 7) is 0.532. The molecule has 12 heteroatoms. The van der Waals surface area contributed by atoms with Crippen molar-refractivity contribution >= 4 is 56.6 Å². The molecular formula is C22H26Cl2N4O5S. The van der Waals surface area contributed by atoms with Crippen molar-refractivity contribution in [1.29, 1.82) is 0 Å². The number of urea groups is 1. The summed E-state index contributed by atoms with van der Waals surface area (Å²) < 4.78 is 33.4. The molecule has 0 aliphatic carbocycles. The molecule has 2 amide bonds. The molecule has 1 aliphatic heterocycles. The van der Waals surface area contributed by atoms with Crippen molar-refractivity contribution in [2.45, 2.75) is 11.3 Å². The molecule has 1 N–H and O–H groups in total. The highest BCUT2D eigenvalue weighted by Crippen LogP contribution is 2.34. The van der Waals surface area contributed by atoms with Gasteiger partial charge in [0, 0.05) is 35.9 Å². The van der Waals surface area contributed by atoms with Gasteiger partial charge < -0.3 is 15.0 Å². The molecule has 0 bridgehead atoms. The Hall–Kier alpha value is -2.53. The minimum absolute atomic E-state index is 0.119. The standard InChI is InChI=1S/C22H26Cl2N4O5S/c1-25-22(30)27-7-6-15-10-18(4-5-20(15)27)28(14-21(29)33-9-8-26(2)3)34(31,32)19-12-16(23)11-17(24)13-19/h4-5,10-13H,6-9,14H2,1-3H3,(H,25,30). The zero-order chi connectivity index (χ0) is 25.0. The predicted molar refractivity (Wildman–Crippen MR) is 132 cm³/mol. The molecule has 0 aromatic heterocycles. The van der Waals surface area contributed by atoms with Crippen LogP contribution in [0.5, 0.6) is 0 Å². The average Bonchev–Trinajstić information content (AvgIpc) is 3.19. The second-order valence-corrected chi connectivity index (χ2v) is 10.6. The van der Waals surface area contributed by atoms with E-state index in [0.29, 0.717) is 25.2 Å². The number of nitrogens with zero attached hydrogens (tertiary/aromatic N) is 3. The zero-order valence-corrected chi connectivity index (χ0v) is 21.4. The van der Waals surface area contributed by atoms with Crippen LogP contribution in [0.4, 0.5) is 16.2 Å². The smallest absolute Gasteiger partial charge is 0.326 e. The van der Waals surface area contributed by atoms with Crippen LogP contribution in [0.2, 0.25) is 10.0 Å². The Morgan fingerprint density at radius 3 is 2.41 bits per heavy atom. The van der Waals surface area contributed by atoms with Gasteiger partial charge in [0.2, 0.25) is 0 Å². The monoisotopic (exact) mass is 528 g/mol. The third kappa shape index (κ3) is 5.93. The molecule has 9 nitrogen and oxygen atoms in total. The van der Waals surface area contributed by atoms with Crippen LogP contribution < -0.4 is 14.5 Å². The van der Waals surface area contributed by atoms with E-state index in [1.54, 1.807) is 30.1 Å². The first-order valence-electron chi connectivity index (χ1n) is 10.4. The lowest BCUT2D eigenvalue weighted by molar-refractivity contribution is -0.142.